The topological polar surface area (TPSA) is 61.5 Å². The van der Waals surface area contributed by atoms with Gasteiger partial charge < -0.3 is 15.2 Å². The summed E-state index contributed by atoms with van der Waals surface area (Å²) < 4.78 is 10.5. The largest absolute Gasteiger partial charge is 0.476 e. The highest BCUT2D eigenvalue weighted by Crippen LogP contribution is 2.25. The van der Waals surface area contributed by atoms with Crippen LogP contribution < -0.4 is 10.5 Å². The van der Waals surface area contributed by atoms with Gasteiger partial charge in [0.2, 0.25) is 0 Å². The Balaban J connectivity index is 2.84. The van der Waals surface area contributed by atoms with E-state index >= 15 is 0 Å². The summed E-state index contributed by atoms with van der Waals surface area (Å²) in [6, 6.07) is 5.15. The number of esters is 1. The monoisotopic (exact) mass is 271 g/mol. The first-order valence-corrected chi connectivity index (χ1v) is 6.13. The number of hydrogen-bond donors (Lipinski definition) is 1. The minimum Gasteiger partial charge on any atom is -0.476 e. The average molecular weight is 272 g/mol. The molecule has 0 amide bonds. The fourth-order valence-electron chi connectivity index (χ4n) is 1.40. The second-order valence-corrected chi connectivity index (χ2v) is 4.70. The number of nitrogens with two attached hydrogens (primary N) is 1. The average Bonchev–Trinajstić information content (AvgIpc) is 2.29. The second-order valence-electron chi connectivity index (χ2n) is 4.29. The van der Waals surface area contributed by atoms with Crippen LogP contribution in [-0.4, -0.2) is 18.2 Å². The smallest absolute Gasteiger partial charge is 0.349 e. The van der Waals surface area contributed by atoms with E-state index in [0.29, 0.717) is 23.9 Å². The number of hydrogen-bond acceptors (Lipinski definition) is 4. The van der Waals surface area contributed by atoms with E-state index in [4.69, 9.17) is 26.8 Å². The third-order valence-corrected chi connectivity index (χ3v) is 2.74. The lowest BCUT2D eigenvalue weighted by molar-refractivity contribution is -0.158. The standard InChI is InChI=1S/C13H18ClNO3/c1-4-17-12(16)13(2,3)18-10-6-5-9(8-15)11(14)7-10/h5-7H,4,8,15H2,1-3H3. The Kier molecular flexibility index (Phi) is 4.99. The maximum atomic E-state index is 11.7. The Labute approximate surface area is 112 Å². The summed E-state index contributed by atoms with van der Waals surface area (Å²) in [5.74, 6) is 0.0966. The van der Waals surface area contributed by atoms with E-state index in [1.807, 2.05) is 0 Å². The lowest BCUT2D eigenvalue weighted by atomic mass is 10.1. The van der Waals surface area contributed by atoms with Crippen molar-refractivity contribution in [3.05, 3.63) is 28.8 Å². The molecule has 18 heavy (non-hydrogen) atoms. The minimum absolute atomic E-state index is 0.318. The molecule has 0 aliphatic heterocycles. The molecule has 0 unspecified atom stereocenters. The molecule has 0 heterocycles. The quantitative estimate of drug-likeness (QED) is 0.836. The van der Waals surface area contributed by atoms with Crippen molar-refractivity contribution < 1.29 is 14.3 Å². The Bertz CT molecular complexity index is 432. The molecular weight excluding hydrogens is 254 g/mol. The van der Waals surface area contributed by atoms with Crippen molar-refractivity contribution in [3.63, 3.8) is 0 Å². The van der Waals surface area contributed by atoms with Gasteiger partial charge in [0.25, 0.3) is 0 Å². The first-order chi connectivity index (χ1) is 8.40. The molecule has 1 aromatic rings. The van der Waals surface area contributed by atoms with Gasteiger partial charge in [0.05, 0.1) is 6.61 Å². The summed E-state index contributed by atoms with van der Waals surface area (Å²) in [7, 11) is 0. The summed E-state index contributed by atoms with van der Waals surface area (Å²) in [6.07, 6.45) is 0. The van der Waals surface area contributed by atoms with Crippen molar-refractivity contribution in [2.24, 2.45) is 5.73 Å². The van der Waals surface area contributed by atoms with Gasteiger partial charge in [-0.2, -0.15) is 0 Å². The lowest BCUT2D eigenvalue weighted by Crippen LogP contribution is -2.39. The zero-order valence-electron chi connectivity index (χ0n) is 10.8. The highest BCUT2D eigenvalue weighted by atomic mass is 35.5. The summed E-state index contributed by atoms with van der Waals surface area (Å²) >= 11 is 6.02. The fraction of sp³-hybridized carbons (Fsp3) is 0.462. The Hall–Kier alpha value is -1.26. The lowest BCUT2D eigenvalue weighted by Gasteiger charge is -2.24. The Morgan fingerprint density at radius 1 is 1.44 bits per heavy atom. The Morgan fingerprint density at radius 3 is 2.61 bits per heavy atom. The molecule has 0 saturated heterocycles. The van der Waals surface area contributed by atoms with Crippen LogP contribution in [0.5, 0.6) is 5.75 Å². The molecule has 0 aliphatic rings. The van der Waals surface area contributed by atoms with Crippen LogP contribution in [-0.2, 0) is 16.1 Å². The van der Waals surface area contributed by atoms with Crippen LogP contribution in [0, 0.1) is 0 Å². The molecule has 0 bridgehead atoms. The van der Waals surface area contributed by atoms with E-state index in [0.717, 1.165) is 5.56 Å². The number of carbonyl (C=O) groups is 1. The number of halogens is 1. The molecule has 0 atom stereocenters. The van der Waals surface area contributed by atoms with Crippen LogP contribution in [0.3, 0.4) is 0 Å². The summed E-state index contributed by atoms with van der Waals surface area (Å²) in [5, 5.41) is 0.523. The van der Waals surface area contributed by atoms with Gasteiger partial charge in [-0.15, -0.1) is 0 Å². The Morgan fingerprint density at radius 2 is 2.11 bits per heavy atom. The number of carbonyl (C=O) groups excluding carboxylic acids is 1. The van der Waals surface area contributed by atoms with Crippen molar-refractivity contribution >= 4 is 17.6 Å². The molecule has 1 aromatic carbocycles. The van der Waals surface area contributed by atoms with E-state index in [1.54, 1.807) is 39.0 Å². The van der Waals surface area contributed by atoms with Crippen LogP contribution in [0.25, 0.3) is 0 Å². The van der Waals surface area contributed by atoms with Crippen LogP contribution >= 0.6 is 11.6 Å². The molecule has 5 heteroatoms. The van der Waals surface area contributed by atoms with Gasteiger partial charge in [-0.05, 0) is 38.5 Å². The summed E-state index contributed by atoms with van der Waals surface area (Å²) in [5.41, 5.74) is 5.30. The van der Waals surface area contributed by atoms with Crippen molar-refractivity contribution in [1.29, 1.82) is 0 Å². The van der Waals surface area contributed by atoms with Crippen LogP contribution in [0.2, 0.25) is 5.02 Å². The van der Waals surface area contributed by atoms with Crippen molar-refractivity contribution in [2.75, 3.05) is 6.61 Å². The maximum absolute atomic E-state index is 11.7. The van der Waals surface area contributed by atoms with Crippen molar-refractivity contribution in [3.8, 4) is 5.75 Å². The number of benzene rings is 1. The van der Waals surface area contributed by atoms with Gasteiger partial charge in [0, 0.05) is 11.6 Å². The van der Waals surface area contributed by atoms with Crippen molar-refractivity contribution in [1.82, 2.24) is 0 Å². The van der Waals surface area contributed by atoms with Gasteiger partial charge in [0.1, 0.15) is 5.75 Å². The highest BCUT2D eigenvalue weighted by molar-refractivity contribution is 6.31. The van der Waals surface area contributed by atoms with Crippen molar-refractivity contribution in [2.45, 2.75) is 32.9 Å². The predicted molar refractivity (Wildman–Crippen MR) is 70.7 cm³/mol. The normalized spacial score (nSPS) is 11.2. The van der Waals surface area contributed by atoms with E-state index in [2.05, 4.69) is 0 Å². The predicted octanol–water partition coefficient (Wildman–Crippen LogP) is 2.52. The second kappa shape index (κ2) is 6.07. The molecule has 2 N–H and O–H groups in total. The SMILES string of the molecule is CCOC(=O)C(C)(C)Oc1ccc(CN)c(Cl)c1. The zero-order chi connectivity index (χ0) is 13.8. The van der Waals surface area contributed by atoms with Gasteiger partial charge in [-0.1, -0.05) is 17.7 Å². The highest BCUT2D eigenvalue weighted by Gasteiger charge is 2.31. The van der Waals surface area contributed by atoms with E-state index < -0.39 is 11.6 Å². The van der Waals surface area contributed by atoms with Gasteiger partial charge >= 0.3 is 5.97 Å². The maximum Gasteiger partial charge on any atom is 0.349 e. The van der Waals surface area contributed by atoms with Gasteiger partial charge in [-0.25, -0.2) is 4.79 Å². The molecule has 1 rings (SSSR count). The molecule has 100 valence electrons. The number of ether oxygens (including phenoxy) is 2. The minimum atomic E-state index is -1.05. The molecule has 0 radical (unpaired) electrons. The van der Waals surface area contributed by atoms with Crippen LogP contribution in [0.4, 0.5) is 0 Å². The molecule has 0 aromatic heterocycles. The first kappa shape index (κ1) is 14.8. The molecular formula is C13H18ClNO3. The van der Waals surface area contributed by atoms with Crippen LogP contribution in [0.1, 0.15) is 26.3 Å². The third kappa shape index (κ3) is 3.62. The van der Waals surface area contributed by atoms with E-state index in [1.165, 1.54) is 0 Å². The molecule has 0 spiro atoms. The fourth-order valence-corrected chi connectivity index (χ4v) is 1.65. The van der Waals surface area contributed by atoms with Crippen LogP contribution in [0.15, 0.2) is 18.2 Å². The zero-order valence-corrected chi connectivity index (χ0v) is 11.6. The molecule has 0 aliphatic carbocycles. The third-order valence-electron chi connectivity index (χ3n) is 2.38. The first-order valence-electron chi connectivity index (χ1n) is 5.75. The summed E-state index contributed by atoms with van der Waals surface area (Å²) in [4.78, 5) is 11.7. The van der Waals surface area contributed by atoms with Gasteiger partial charge in [0.15, 0.2) is 5.60 Å². The summed E-state index contributed by atoms with van der Waals surface area (Å²) in [6.45, 7) is 5.73. The molecule has 4 nitrogen and oxygen atoms in total. The number of rotatable bonds is 5. The van der Waals surface area contributed by atoms with E-state index in [9.17, 15) is 4.79 Å². The van der Waals surface area contributed by atoms with Gasteiger partial charge in [-0.3, -0.25) is 0 Å². The van der Waals surface area contributed by atoms with E-state index in [-0.39, 0.29) is 0 Å². The molecule has 0 saturated carbocycles. The molecule has 0 fully saturated rings.